The lowest BCUT2D eigenvalue weighted by atomic mass is 10.0. The van der Waals surface area contributed by atoms with Crippen LogP contribution in [0.25, 0.3) is 0 Å². The SMILES string of the molecule is CPNC(=N)Nc1ccc(OC(=O)C(C)(C)NC(=O)CCC(NP)C(=O)OP)cc1. The van der Waals surface area contributed by atoms with Crippen LogP contribution in [0.2, 0.25) is 0 Å². The molecule has 5 N–H and O–H groups in total. The van der Waals surface area contributed by atoms with E-state index in [0.717, 1.165) is 0 Å². The van der Waals surface area contributed by atoms with Crippen molar-refractivity contribution in [3.8, 4) is 5.75 Å². The Labute approximate surface area is 182 Å². The molecular formula is C17H28N5O5P3. The number of carbonyl (C=O) groups excluding carboxylic acids is 3. The first-order chi connectivity index (χ1) is 14.1. The third kappa shape index (κ3) is 8.88. The van der Waals surface area contributed by atoms with Crippen LogP contribution < -0.4 is 25.5 Å². The average Bonchev–Trinajstić information content (AvgIpc) is 2.69. The Kier molecular flexibility index (Phi) is 11.1. The highest BCUT2D eigenvalue weighted by molar-refractivity contribution is 7.35. The van der Waals surface area contributed by atoms with E-state index in [1.54, 1.807) is 24.3 Å². The Morgan fingerprint density at radius 2 is 1.87 bits per heavy atom. The number of hydrogen-bond donors (Lipinski definition) is 5. The lowest BCUT2D eigenvalue weighted by Crippen LogP contribution is -2.52. The van der Waals surface area contributed by atoms with Crippen LogP contribution in [-0.2, 0) is 18.9 Å². The molecule has 0 aliphatic heterocycles. The van der Waals surface area contributed by atoms with Crippen molar-refractivity contribution < 1.29 is 23.6 Å². The van der Waals surface area contributed by atoms with E-state index in [-0.39, 0.29) is 18.8 Å². The van der Waals surface area contributed by atoms with Gasteiger partial charge in [0, 0.05) is 12.1 Å². The minimum Gasteiger partial charge on any atom is -0.450 e. The first-order valence-corrected chi connectivity index (χ1v) is 11.5. The number of nitrogens with one attached hydrogen (secondary N) is 5. The van der Waals surface area contributed by atoms with E-state index in [1.165, 1.54) is 13.8 Å². The van der Waals surface area contributed by atoms with Gasteiger partial charge < -0.3 is 25.0 Å². The molecule has 1 aromatic rings. The molecule has 166 valence electrons. The van der Waals surface area contributed by atoms with Gasteiger partial charge in [0.25, 0.3) is 0 Å². The molecule has 1 rings (SSSR count). The summed E-state index contributed by atoms with van der Waals surface area (Å²) in [6.45, 7) is 4.98. The van der Waals surface area contributed by atoms with Crippen molar-refractivity contribution in [2.45, 2.75) is 38.3 Å². The summed E-state index contributed by atoms with van der Waals surface area (Å²) < 4.78 is 9.91. The Hall–Kier alpha value is -1.85. The van der Waals surface area contributed by atoms with Gasteiger partial charge in [-0.1, -0.05) is 9.39 Å². The molecule has 0 saturated carbocycles. The van der Waals surface area contributed by atoms with Crippen LogP contribution in [0.3, 0.4) is 0 Å². The van der Waals surface area contributed by atoms with Crippen molar-refractivity contribution in [1.29, 1.82) is 5.41 Å². The van der Waals surface area contributed by atoms with E-state index in [2.05, 4.69) is 34.7 Å². The molecule has 0 saturated heterocycles. The third-order valence-corrected chi connectivity index (χ3v) is 4.94. The summed E-state index contributed by atoms with van der Waals surface area (Å²) in [6, 6.07) is 5.86. The minimum atomic E-state index is -1.27. The fraction of sp³-hybridized carbons (Fsp3) is 0.412. The van der Waals surface area contributed by atoms with Gasteiger partial charge in [-0.25, -0.2) is 4.79 Å². The number of ether oxygens (including phenoxy) is 1. The summed E-state index contributed by atoms with van der Waals surface area (Å²) in [6.07, 6.45) is 0.214. The van der Waals surface area contributed by atoms with Gasteiger partial charge in [0.1, 0.15) is 17.3 Å². The topological polar surface area (TPSA) is 142 Å². The summed E-state index contributed by atoms with van der Waals surface area (Å²) >= 11 is 0. The van der Waals surface area contributed by atoms with E-state index in [9.17, 15) is 14.4 Å². The molecule has 0 fully saturated rings. The van der Waals surface area contributed by atoms with E-state index in [1.807, 2.05) is 16.1 Å². The zero-order valence-corrected chi connectivity index (χ0v) is 20.3. The van der Waals surface area contributed by atoms with Gasteiger partial charge in [0.15, 0.2) is 5.96 Å². The van der Waals surface area contributed by atoms with Crippen molar-refractivity contribution in [2.75, 3.05) is 12.0 Å². The van der Waals surface area contributed by atoms with Crippen molar-refractivity contribution in [1.82, 2.24) is 15.5 Å². The minimum absolute atomic E-state index is 0.0151. The zero-order valence-electron chi connectivity index (χ0n) is 17.0. The van der Waals surface area contributed by atoms with Crippen LogP contribution in [0, 0.1) is 5.41 Å². The van der Waals surface area contributed by atoms with Gasteiger partial charge in [-0.3, -0.25) is 20.1 Å². The predicted molar refractivity (Wildman–Crippen MR) is 125 cm³/mol. The van der Waals surface area contributed by atoms with Crippen molar-refractivity contribution in [3.05, 3.63) is 24.3 Å². The lowest BCUT2D eigenvalue weighted by Gasteiger charge is -2.24. The summed E-state index contributed by atoms with van der Waals surface area (Å²) in [5.41, 5.74) is -0.605. The molecule has 0 radical (unpaired) electrons. The largest absolute Gasteiger partial charge is 0.450 e. The first-order valence-electron chi connectivity index (χ1n) is 8.91. The molecule has 0 aliphatic rings. The zero-order chi connectivity index (χ0) is 22.7. The maximum atomic E-state index is 12.5. The van der Waals surface area contributed by atoms with Crippen molar-refractivity contribution in [3.63, 3.8) is 0 Å². The molecular weight excluding hydrogens is 447 g/mol. The van der Waals surface area contributed by atoms with Gasteiger partial charge in [-0.2, -0.15) is 0 Å². The number of esters is 1. The number of guanidine groups is 1. The highest BCUT2D eigenvalue weighted by atomic mass is 31.1. The van der Waals surface area contributed by atoms with E-state index >= 15 is 0 Å². The molecule has 0 heterocycles. The third-order valence-electron chi connectivity index (χ3n) is 3.81. The highest BCUT2D eigenvalue weighted by Gasteiger charge is 2.32. The normalized spacial score (nSPS) is 12.2. The van der Waals surface area contributed by atoms with Gasteiger partial charge in [-0.15, -0.1) is 0 Å². The van der Waals surface area contributed by atoms with Crippen molar-refractivity contribution in [2.24, 2.45) is 0 Å². The number of benzene rings is 1. The second kappa shape index (κ2) is 12.8. The molecule has 0 aromatic heterocycles. The lowest BCUT2D eigenvalue weighted by molar-refractivity contribution is -0.143. The smallest absolute Gasteiger partial charge is 0.336 e. The quantitative estimate of drug-likeness (QED) is 0.113. The number of rotatable bonds is 10. The Morgan fingerprint density at radius 3 is 2.40 bits per heavy atom. The van der Waals surface area contributed by atoms with E-state index in [0.29, 0.717) is 20.2 Å². The molecule has 1 aromatic carbocycles. The molecule has 1 amide bonds. The Morgan fingerprint density at radius 1 is 1.23 bits per heavy atom. The molecule has 0 spiro atoms. The molecule has 4 atom stereocenters. The second-order valence-electron chi connectivity index (χ2n) is 6.66. The predicted octanol–water partition coefficient (Wildman–Crippen LogP) is 1.51. The first kappa shape index (κ1) is 26.2. The standard InChI is InChI=1S/C17H28N5O5P3/c1-17(2,20-13(23)9-8-12(21-28)14(24)27-29)15(25)26-11-6-4-10(5-7-11)19-16(18)22-30-3/h4-7,12,21,30H,8-9,28-29H2,1-3H3,(H,20,23)(H3,18,19,22). The molecule has 30 heavy (non-hydrogen) atoms. The summed E-state index contributed by atoms with van der Waals surface area (Å²) in [5.74, 6) is -1.07. The van der Waals surface area contributed by atoms with E-state index < -0.39 is 29.4 Å². The number of carbonyl (C=O) groups is 3. The maximum Gasteiger partial charge on any atom is 0.336 e. The fourth-order valence-electron chi connectivity index (χ4n) is 2.23. The number of hydrogen-bond acceptors (Lipinski definition) is 7. The van der Waals surface area contributed by atoms with Crippen LogP contribution in [-0.4, -0.2) is 42.1 Å². The van der Waals surface area contributed by atoms with Crippen LogP contribution >= 0.6 is 27.6 Å². The fourth-order valence-corrected chi connectivity index (χ4v) is 3.01. The van der Waals surface area contributed by atoms with Crippen LogP contribution in [0.5, 0.6) is 5.75 Å². The monoisotopic (exact) mass is 475 g/mol. The average molecular weight is 475 g/mol. The van der Waals surface area contributed by atoms with Gasteiger partial charge in [0.2, 0.25) is 5.91 Å². The molecule has 13 heteroatoms. The van der Waals surface area contributed by atoms with Gasteiger partial charge >= 0.3 is 11.9 Å². The molecule has 0 aliphatic carbocycles. The summed E-state index contributed by atoms with van der Waals surface area (Å²) in [5, 5.41) is 18.7. The van der Waals surface area contributed by atoms with Gasteiger partial charge in [-0.05, 0) is 59.9 Å². The van der Waals surface area contributed by atoms with Crippen LogP contribution in [0.4, 0.5) is 5.69 Å². The molecule has 10 nitrogen and oxygen atoms in total. The van der Waals surface area contributed by atoms with Gasteiger partial charge in [0.05, 0.1) is 9.47 Å². The second-order valence-corrected chi connectivity index (χ2v) is 7.98. The molecule has 0 bridgehead atoms. The maximum absolute atomic E-state index is 12.5. The Bertz CT molecular complexity index is 761. The number of amides is 1. The number of anilines is 1. The summed E-state index contributed by atoms with van der Waals surface area (Å²) in [7, 11) is 4.47. The highest BCUT2D eigenvalue weighted by Crippen LogP contribution is 2.18. The van der Waals surface area contributed by atoms with Crippen molar-refractivity contribution >= 4 is 57.1 Å². The molecule has 4 unspecified atom stereocenters. The summed E-state index contributed by atoms with van der Waals surface area (Å²) in [4.78, 5) is 36.2. The van der Waals surface area contributed by atoms with E-state index in [4.69, 9.17) is 10.1 Å². The van der Waals surface area contributed by atoms with Crippen LogP contribution in [0.15, 0.2) is 24.3 Å². The van der Waals surface area contributed by atoms with Crippen LogP contribution in [0.1, 0.15) is 26.7 Å². The Balaban J connectivity index is 2.59.